The van der Waals surface area contributed by atoms with Crippen LogP contribution in [0.3, 0.4) is 0 Å². The predicted molar refractivity (Wildman–Crippen MR) is 80.0 cm³/mol. The van der Waals surface area contributed by atoms with E-state index in [0.29, 0.717) is 18.5 Å². The molecule has 0 aliphatic carbocycles. The maximum absolute atomic E-state index is 13.1. The summed E-state index contributed by atoms with van der Waals surface area (Å²) in [7, 11) is 0. The third-order valence-corrected chi connectivity index (χ3v) is 3.91. The van der Waals surface area contributed by atoms with Gasteiger partial charge in [0.25, 0.3) is 5.91 Å². The summed E-state index contributed by atoms with van der Waals surface area (Å²) in [5.74, 6) is 1.28. The SMILES string of the molecule is O=C(NCCc1nnc2n1CCCCC2)c1cccc(F)c1. The Hall–Kier alpha value is -2.24. The van der Waals surface area contributed by atoms with E-state index in [2.05, 4.69) is 20.1 Å². The normalized spacial score (nSPS) is 14.2. The molecule has 0 bridgehead atoms. The van der Waals surface area contributed by atoms with Crippen LogP contribution in [0.2, 0.25) is 0 Å². The molecule has 0 radical (unpaired) electrons. The zero-order valence-electron chi connectivity index (χ0n) is 12.4. The molecule has 1 N–H and O–H groups in total. The Labute approximate surface area is 128 Å². The van der Waals surface area contributed by atoms with Crippen molar-refractivity contribution in [3.8, 4) is 0 Å². The number of fused-ring (bicyclic) bond motifs is 1. The van der Waals surface area contributed by atoms with Crippen molar-refractivity contribution < 1.29 is 9.18 Å². The molecule has 2 heterocycles. The van der Waals surface area contributed by atoms with Gasteiger partial charge in [-0.1, -0.05) is 12.5 Å². The van der Waals surface area contributed by atoms with E-state index < -0.39 is 5.82 Å². The predicted octanol–water partition coefficient (Wildman–Crippen LogP) is 2.12. The molecule has 0 saturated heterocycles. The van der Waals surface area contributed by atoms with Crippen LogP contribution in [0.15, 0.2) is 24.3 Å². The molecule has 2 aromatic rings. The van der Waals surface area contributed by atoms with Gasteiger partial charge in [-0.25, -0.2) is 4.39 Å². The third kappa shape index (κ3) is 3.32. The first-order valence-electron chi connectivity index (χ1n) is 7.69. The third-order valence-electron chi connectivity index (χ3n) is 3.91. The van der Waals surface area contributed by atoms with Gasteiger partial charge in [0.2, 0.25) is 0 Å². The summed E-state index contributed by atoms with van der Waals surface area (Å²) in [6, 6.07) is 5.69. The number of hydrogen-bond acceptors (Lipinski definition) is 3. The molecule has 22 heavy (non-hydrogen) atoms. The highest BCUT2D eigenvalue weighted by molar-refractivity contribution is 5.94. The molecule has 1 amide bonds. The number of rotatable bonds is 4. The average Bonchev–Trinajstić information content (AvgIpc) is 2.75. The van der Waals surface area contributed by atoms with E-state index in [1.807, 2.05) is 0 Å². The molecule has 1 aromatic carbocycles. The maximum Gasteiger partial charge on any atom is 0.251 e. The number of carbonyl (C=O) groups excluding carboxylic acids is 1. The van der Waals surface area contributed by atoms with Crippen LogP contribution in [-0.4, -0.2) is 27.2 Å². The van der Waals surface area contributed by atoms with Crippen molar-refractivity contribution in [1.82, 2.24) is 20.1 Å². The summed E-state index contributed by atoms with van der Waals surface area (Å²) in [5, 5.41) is 11.3. The lowest BCUT2D eigenvalue weighted by Crippen LogP contribution is -2.26. The van der Waals surface area contributed by atoms with Crippen molar-refractivity contribution in [3.63, 3.8) is 0 Å². The van der Waals surface area contributed by atoms with Crippen LogP contribution in [-0.2, 0) is 19.4 Å². The number of halogens is 1. The van der Waals surface area contributed by atoms with E-state index in [-0.39, 0.29) is 5.91 Å². The molecule has 116 valence electrons. The first kappa shape index (κ1) is 14.7. The van der Waals surface area contributed by atoms with Gasteiger partial charge in [-0.2, -0.15) is 0 Å². The fraction of sp³-hybridized carbons (Fsp3) is 0.438. The number of benzene rings is 1. The highest BCUT2D eigenvalue weighted by Gasteiger charge is 2.14. The molecular weight excluding hydrogens is 283 g/mol. The molecule has 3 rings (SSSR count). The number of nitrogens with one attached hydrogen (secondary N) is 1. The van der Waals surface area contributed by atoms with Crippen LogP contribution in [0.25, 0.3) is 0 Å². The average molecular weight is 302 g/mol. The number of nitrogens with zero attached hydrogens (tertiary/aromatic N) is 3. The van der Waals surface area contributed by atoms with Crippen LogP contribution in [0, 0.1) is 5.82 Å². The lowest BCUT2D eigenvalue weighted by molar-refractivity contribution is 0.0953. The van der Waals surface area contributed by atoms with Crippen molar-refractivity contribution in [2.45, 2.75) is 38.6 Å². The molecule has 1 aliphatic rings. The Kier molecular flexibility index (Phi) is 4.46. The molecule has 1 aliphatic heterocycles. The largest absolute Gasteiger partial charge is 0.352 e. The van der Waals surface area contributed by atoms with Crippen LogP contribution in [0.5, 0.6) is 0 Å². The van der Waals surface area contributed by atoms with E-state index in [0.717, 1.165) is 37.5 Å². The highest BCUT2D eigenvalue weighted by Crippen LogP contribution is 2.14. The van der Waals surface area contributed by atoms with Gasteiger partial charge in [-0.05, 0) is 31.0 Å². The summed E-state index contributed by atoms with van der Waals surface area (Å²) >= 11 is 0. The number of hydrogen-bond donors (Lipinski definition) is 1. The molecular formula is C16H19FN4O. The lowest BCUT2D eigenvalue weighted by Gasteiger charge is -2.08. The molecule has 0 spiro atoms. The van der Waals surface area contributed by atoms with Gasteiger partial charge < -0.3 is 9.88 Å². The quantitative estimate of drug-likeness (QED) is 0.941. The lowest BCUT2D eigenvalue weighted by atomic mass is 10.2. The summed E-state index contributed by atoms with van der Waals surface area (Å²) in [4.78, 5) is 11.9. The Balaban J connectivity index is 1.57. The van der Waals surface area contributed by atoms with Gasteiger partial charge in [0.15, 0.2) is 0 Å². The van der Waals surface area contributed by atoms with Crippen molar-refractivity contribution in [3.05, 3.63) is 47.3 Å². The van der Waals surface area contributed by atoms with Crippen LogP contribution >= 0.6 is 0 Å². The minimum absolute atomic E-state index is 0.268. The second-order valence-electron chi connectivity index (χ2n) is 5.51. The standard InChI is InChI=1S/C16H19FN4O/c17-13-6-4-5-12(11-13)16(22)18-9-8-15-20-19-14-7-2-1-3-10-21(14)15/h4-6,11H,1-3,7-10H2,(H,18,22). The van der Waals surface area contributed by atoms with Crippen LogP contribution < -0.4 is 5.32 Å². The molecule has 0 atom stereocenters. The second kappa shape index (κ2) is 6.68. The zero-order chi connectivity index (χ0) is 15.4. The number of amides is 1. The van der Waals surface area contributed by atoms with E-state index >= 15 is 0 Å². The first-order valence-corrected chi connectivity index (χ1v) is 7.69. The molecule has 6 heteroatoms. The van der Waals surface area contributed by atoms with Gasteiger partial charge in [0.1, 0.15) is 17.5 Å². The van der Waals surface area contributed by atoms with Gasteiger partial charge in [0, 0.05) is 31.5 Å². The number of aromatic nitrogens is 3. The van der Waals surface area contributed by atoms with E-state index in [4.69, 9.17) is 0 Å². The molecule has 0 saturated carbocycles. The van der Waals surface area contributed by atoms with Crippen molar-refractivity contribution >= 4 is 5.91 Å². The van der Waals surface area contributed by atoms with Crippen LogP contribution in [0.4, 0.5) is 4.39 Å². The Morgan fingerprint density at radius 3 is 3.05 bits per heavy atom. The topological polar surface area (TPSA) is 59.8 Å². The first-order chi connectivity index (χ1) is 10.7. The monoisotopic (exact) mass is 302 g/mol. The van der Waals surface area contributed by atoms with E-state index in [1.54, 1.807) is 6.07 Å². The summed E-state index contributed by atoms with van der Waals surface area (Å²) < 4.78 is 15.3. The molecule has 1 aromatic heterocycles. The summed E-state index contributed by atoms with van der Waals surface area (Å²) in [6.45, 7) is 1.42. The Bertz CT molecular complexity index is 668. The molecule has 0 unspecified atom stereocenters. The Morgan fingerprint density at radius 2 is 2.18 bits per heavy atom. The van der Waals surface area contributed by atoms with Crippen molar-refractivity contribution in [2.75, 3.05) is 6.54 Å². The van der Waals surface area contributed by atoms with E-state index in [1.165, 1.54) is 24.6 Å². The fourth-order valence-corrected chi connectivity index (χ4v) is 2.75. The van der Waals surface area contributed by atoms with Gasteiger partial charge >= 0.3 is 0 Å². The van der Waals surface area contributed by atoms with Crippen LogP contribution in [0.1, 0.15) is 41.3 Å². The van der Waals surface area contributed by atoms with Crippen molar-refractivity contribution in [1.29, 1.82) is 0 Å². The number of aryl methyl sites for hydroxylation is 1. The van der Waals surface area contributed by atoms with Gasteiger partial charge in [-0.3, -0.25) is 4.79 Å². The van der Waals surface area contributed by atoms with Crippen molar-refractivity contribution in [2.24, 2.45) is 0 Å². The Morgan fingerprint density at radius 1 is 1.27 bits per heavy atom. The highest BCUT2D eigenvalue weighted by atomic mass is 19.1. The summed E-state index contributed by atoms with van der Waals surface area (Å²) in [5.41, 5.74) is 0.333. The van der Waals surface area contributed by atoms with Gasteiger partial charge in [0.05, 0.1) is 0 Å². The molecule has 0 fully saturated rings. The minimum atomic E-state index is -0.407. The minimum Gasteiger partial charge on any atom is -0.352 e. The smallest absolute Gasteiger partial charge is 0.251 e. The van der Waals surface area contributed by atoms with E-state index in [9.17, 15) is 9.18 Å². The summed E-state index contributed by atoms with van der Waals surface area (Å²) in [6.07, 6.45) is 5.14. The maximum atomic E-state index is 13.1. The van der Waals surface area contributed by atoms with Gasteiger partial charge in [-0.15, -0.1) is 10.2 Å². The zero-order valence-corrected chi connectivity index (χ0v) is 12.4. The number of carbonyl (C=O) groups is 1. The second-order valence-corrected chi connectivity index (χ2v) is 5.51. The molecule has 5 nitrogen and oxygen atoms in total. The fourth-order valence-electron chi connectivity index (χ4n) is 2.75.